The van der Waals surface area contributed by atoms with E-state index in [0.717, 1.165) is 44.9 Å². The average molecular weight is 373 g/mol. The summed E-state index contributed by atoms with van der Waals surface area (Å²) in [5, 5.41) is 0. The quantitative estimate of drug-likeness (QED) is 0.168. The minimum absolute atomic E-state index is 0.0159. The van der Waals surface area contributed by atoms with Crippen molar-refractivity contribution in [2.45, 2.75) is 103 Å². The van der Waals surface area contributed by atoms with E-state index >= 15 is 0 Å². The van der Waals surface area contributed by atoms with Gasteiger partial charge in [-0.05, 0) is 70.6 Å². The summed E-state index contributed by atoms with van der Waals surface area (Å²) < 4.78 is 5.46. The molecule has 0 aliphatic heterocycles. The van der Waals surface area contributed by atoms with Gasteiger partial charge in [0.2, 0.25) is 0 Å². The summed E-state index contributed by atoms with van der Waals surface area (Å²) in [4.78, 5) is 11.7. The molecule has 0 aromatic carbocycles. The summed E-state index contributed by atoms with van der Waals surface area (Å²) in [6.45, 7) is 2.24. The smallest absolute Gasteiger partial charge is 0.306 e. The Morgan fingerprint density at radius 2 is 1.30 bits per heavy atom. The van der Waals surface area contributed by atoms with Gasteiger partial charge < -0.3 is 4.74 Å². The molecule has 1 fully saturated rings. The van der Waals surface area contributed by atoms with E-state index in [1.807, 2.05) is 0 Å². The van der Waals surface area contributed by atoms with E-state index in [1.165, 1.54) is 38.5 Å². The van der Waals surface area contributed by atoms with Crippen LogP contribution in [0.15, 0.2) is 48.6 Å². The topological polar surface area (TPSA) is 26.3 Å². The van der Waals surface area contributed by atoms with Crippen LogP contribution in [0.4, 0.5) is 0 Å². The molecular formula is C25H40O2. The fraction of sp³-hybridized carbons (Fsp3) is 0.640. The molecule has 0 spiro atoms. The first kappa shape index (κ1) is 23.5. The Morgan fingerprint density at radius 3 is 1.85 bits per heavy atom. The van der Waals surface area contributed by atoms with Gasteiger partial charge in [0.15, 0.2) is 0 Å². The second-order valence-corrected chi connectivity index (χ2v) is 7.38. The van der Waals surface area contributed by atoms with Crippen LogP contribution in [0.2, 0.25) is 0 Å². The molecule has 0 bridgehead atoms. The maximum absolute atomic E-state index is 11.7. The third-order valence-electron chi connectivity index (χ3n) is 4.81. The van der Waals surface area contributed by atoms with Crippen molar-refractivity contribution in [3.63, 3.8) is 0 Å². The van der Waals surface area contributed by atoms with Crippen molar-refractivity contribution in [1.29, 1.82) is 0 Å². The lowest BCUT2D eigenvalue weighted by atomic mass is 10.2. The molecule has 0 saturated heterocycles. The van der Waals surface area contributed by atoms with E-state index in [1.54, 1.807) is 0 Å². The van der Waals surface area contributed by atoms with Gasteiger partial charge >= 0.3 is 5.97 Å². The molecule has 152 valence electrons. The number of unbranched alkanes of at least 4 members (excludes halogenated alkanes) is 4. The van der Waals surface area contributed by atoms with Crippen LogP contribution in [0.25, 0.3) is 0 Å². The lowest BCUT2D eigenvalue weighted by Gasteiger charge is -2.10. The van der Waals surface area contributed by atoms with Gasteiger partial charge in [-0.25, -0.2) is 0 Å². The summed E-state index contributed by atoms with van der Waals surface area (Å²) in [5.74, 6) is -0.0159. The highest BCUT2D eigenvalue weighted by molar-refractivity contribution is 5.69. The Labute approximate surface area is 167 Å². The Kier molecular flexibility index (Phi) is 15.5. The molecule has 2 nitrogen and oxygen atoms in total. The van der Waals surface area contributed by atoms with Crippen molar-refractivity contribution < 1.29 is 9.53 Å². The minimum atomic E-state index is -0.0159. The zero-order chi connectivity index (χ0) is 19.4. The van der Waals surface area contributed by atoms with Gasteiger partial charge in [-0.2, -0.15) is 0 Å². The molecule has 1 aliphatic carbocycles. The number of carbonyl (C=O) groups is 1. The fourth-order valence-corrected chi connectivity index (χ4v) is 3.18. The van der Waals surface area contributed by atoms with Gasteiger partial charge in [-0.1, -0.05) is 68.4 Å². The molecule has 0 radical (unpaired) electrons. The lowest BCUT2D eigenvalue weighted by molar-refractivity contribution is -0.148. The molecule has 27 heavy (non-hydrogen) atoms. The first-order valence-corrected chi connectivity index (χ1v) is 11.1. The Balaban J connectivity index is 1.89. The van der Waals surface area contributed by atoms with E-state index in [4.69, 9.17) is 4.74 Å². The maximum atomic E-state index is 11.7. The molecule has 1 rings (SSSR count). The van der Waals surface area contributed by atoms with Gasteiger partial charge in [-0.15, -0.1) is 0 Å². The molecule has 0 atom stereocenters. The van der Waals surface area contributed by atoms with E-state index in [-0.39, 0.29) is 12.1 Å². The van der Waals surface area contributed by atoms with Crippen molar-refractivity contribution in [3.8, 4) is 0 Å². The van der Waals surface area contributed by atoms with Crippen LogP contribution >= 0.6 is 0 Å². The number of rotatable bonds is 15. The fourth-order valence-electron chi connectivity index (χ4n) is 3.18. The zero-order valence-electron chi connectivity index (χ0n) is 17.4. The highest BCUT2D eigenvalue weighted by Gasteiger charge is 2.18. The first-order chi connectivity index (χ1) is 13.3. The zero-order valence-corrected chi connectivity index (χ0v) is 17.4. The molecule has 2 heteroatoms. The number of hydrogen-bond donors (Lipinski definition) is 0. The number of allylic oxidation sites excluding steroid dienone is 8. The summed E-state index contributed by atoms with van der Waals surface area (Å²) in [6, 6.07) is 0. The van der Waals surface area contributed by atoms with Gasteiger partial charge in [0, 0.05) is 6.42 Å². The van der Waals surface area contributed by atoms with Crippen molar-refractivity contribution in [1.82, 2.24) is 0 Å². The number of hydrogen-bond acceptors (Lipinski definition) is 2. The molecule has 1 saturated carbocycles. The Morgan fingerprint density at radius 1 is 0.778 bits per heavy atom. The average Bonchev–Trinajstić information content (AvgIpc) is 3.17. The van der Waals surface area contributed by atoms with Crippen LogP contribution in [-0.2, 0) is 9.53 Å². The summed E-state index contributed by atoms with van der Waals surface area (Å²) in [5.41, 5.74) is 0. The van der Waals surface area contributed by atoms with Crippen LogP contribution in [0.1, 0.15) is 96.8 Å². The Bertz CT molecular complexity index is 465. The van der Waals surface area contributed by atoms with E-state index in [2.05, 4.69) is 55.5 Å². The van der Waals surface area contributed by atoms with Gasteiger partial charge in [0.25, 0.3) is 0 Å². The van der Waals surface area contributed by atoms with Gasteiger partial charge in [-0.3, -0.25) is 4.79 Å². The molecule has 0 aromatic heterocycles. The van der Waals surface area contributed by atoms with Crippen molar-refractivity contribution >= 4 is 5.97 Å². The molecule has 0 N–H and O–H groups in total. The van der Waals surface area contributed by atoms with Crippen LogP contribution < -0.4 is 0 Å². The predicted octanol–water partition coefficient (Wildman–Crippen LogP) is 7.62. The Hall–Kier alpha value is -1.57. The summed E-state index contributed by atoms with van der Waals surface area (Å²) in [6.07, 6.45) is 33.1. The van der Waals surface area contributed by atoms with E-state index in [0.29, 0.717) is 6.42 Å². The number of carbonyl (C=O) groups excluding carboxylic acids is 1. The minimum Gasteiger partial charge on any atom is -0.462 e. The van der Waals surface area contributed by atoms with E-state index in [9.17, 15) is 4.79 Å². The maximum Gasteiger partial charge on any atom is 0.306 e. The number of esters is 1. The normalized spacial score (nSPS) is 15.9. The third kappa shape index (κ3) is 15.2. The van der Waals surface area contributed by atoms with Crippen LogP contribution in [0, 0.1) is 0 Å². The number of ether oxygens (including phenoxy) is 1. The van der Waals surface area contributed by atoms with Crippen molar-refractivity contribution in [2.24, 2.45) is 0 Å². The van der Waals surface area contributed by atoms with E-state index < -0.39 is 0 Å². The van der Waals surface area contributed by atoms with Crippen LogP contribution in [-0.4, -0.2) is 12.1 Å². The van der Waals surface area contributed by atoms with Crippen LogP contribution in [0.5, 0.6) is 0 Å². The molecule has 0 amide bonds. The SMILES string of the molecule is CCCCCC=CCC=CCC=CCC=CCCCC(=O)OC1CCCC1. The highest BCUT2D eigenvalue weighted by atomic mass is 16.5. The second-order valence-electron chi connectivity index (χ2n) is 7.38. The monoisotopic (exact) mass is 372 g/mol. The standard InChI is InChI=1S/C25H40O2/c1-2-3-4-5-6-7-8-9-10-11-12-13-14-15-16-17-18-23-25(26)27-24-21-19-20-22-24/h6-7,9-10,12-13,15-16,24H,2-5,8,11,14,17-23H2,1H3. The highest BCUT2D eigenvalue weighted by Crippen LogP contribution is 2.21. The second kappa shape index (κ2) is 17.8. The van der Waals surface area contributed by atoms with Crippen molar-refractivity contribution in [3.05, 3.63) is 48.6 Å². The van der Waals surface area contributed by atoms with Gasteiger partial charge in [0.05, 0.1) is 0 Å². The lowest BCUT2D eigenvalue weighted by Crippen LogP contribution is -2.14. The predicted molar refractivity (Wildman–Crippen MR) is 117 cm³/mol. The third-order valence-corrected chi connectivity index (χ3v) is 4.81. The largest absolute Gasteiger partial charge is 0.462 e. The van der Waals surface area contributed by atoms with Crippen molar-refractivity contribution in [2.75, 3.05) is 0 Å². The molecule has 0 aromatic rings. The molecule has 1 aliphatic rings. The molecule has 0 unspecified atom stereocenters. The summed E-state index contributed by atoms with van der Waals surface area (Å²) in [7, 11) is 0. The van der Waals surface area contributed by atoms with Crippen LogP contribution in [0.3, 0.4) is 0 Å². The van der Waals surface area contributed by atoms with Gasteiger partial charge in [0.1, 0.15) is 6.10 Å². The molecular weight excluding hydrogens is 332 g/mol. The molecule has 0 heterocycles. The summed E-state index contributed by atoms with van der Waals surface area (Å²) >= 11 is 0. The first-order valence-electron chi connectivity index (χ1n) is 11.1.